The van der Waals surface area contributed by atoms with Crippen molar-refractivity contribution in [2.75, 3.05) is 7.11 Å². The molecule has 2 heterocycles. The van der Waals surface area contributed by atoms with Crippen molar-refractivity contribution in [2.24, 2.45) is 0 Å². The first-order valence-electron chi connectivity index (χ1n) is 7.74. The summed E-state index contributed by atoms with van der Waals surface area (Å²) in [4.78, 5) is 34.8. The summed E-state index contributed by atoms with van der Waals surface area (Å²) >= 11 is 0. The number of carbonyl (C=O) groups excluding carboxylic acids is 1. The molecule has 3 rings (SSSR count). The average Bonchev–Trinajstić information content (AvgIpc) is 2.59. The summed E-state index contributed by atoms with van der Waals surface area (Å²) in [6.45, 7) is 3.60. The Morgan fingerprint density at radius 3 is 2.69 bits per heavy atom. The molecule has 0 saturated heterocycles. The Kier molecular flexibility index (Phi) is 4.11. The van der Waals surface area contributed by atoms with E-state index in [-0.39, 0.29) is 5.56 Å². The molecule has 1 aliphatic heterocycles. The Labute approximate surface area is 148 Å². The molecule has 0 saturated carbocycles. The standard InChI is InChI=1S/C18H16N2O6/c1-18(2)10-14(19-8-4-5-13(16(19)21)20(23)24)12-9-11(17(22)25-3)6-7-15(12)26-18/h4-10H,1-3H3. The first-order valence-corrected chi connectivity index (χ1v) is 7.74. The normalized spacial score (nSPS) is 14.7. The Morgan fingerprint density at radius 2 is 2.04 bits per heavy atom. The van der Waals surface area contributed by atoms with E-state index >= 15 is 0 Å². The predicted octanol–water partition coefficient (Wildman–Crippen LogP) is 2.60. The van der Waals surface area contributed by atoms with Crippen molar-refractivity contribution in [2.45, 2.75) is 19.4 Å². The zero-order valence-corrected chi connectivity index (χ0v) is 14.4. The van der Waals surface area contributed by atoms with E-state index in [1.807, 2.05) is 0 Å². The van der Waals surface area contributed by atoms with Crippen LogP contribution in [0.2, 0.25) is 0 Å². The summed E-state index contributed by atoms with van der Waals surface area (Å²) in [5, 5.41) is 11.1. The molecule has 0 amide bonds. The summed E-state index contributed by atoms with van der Waals surface area (Å²) in [5.74, 6) is -0.0815. The number of aromatic nitrogens is 1. The van der Waals surface area contributed by atoms with Crippen LogP contribution in [0.25, 0.3) is 5.70 Å². The summed E-state index contributed by atoms with van der Waals surface area (Å²) in [6, 6.07) is 7.27. The number of fused-ring (bicyclic) bond motifs is 1. The summed E-state index contributed by atoms with van der Waals surface area (Å²) in [6.07, 6.45) is 3.12. The van der Waals surface area contributed by atoms with E-state index in [1.54, 1.807) is 32.1 Å². The second-order valence-electron chi connectivity index (χ2n) is 6.26. The Hall–Kier alpha value is -3.42. The quantitative estimate of drug-likeness (QED) is 0.476. The van der Waals surface area contributed by atoms with Crippen LogP contribution in [0, 0.1) is 10.1 Å². The number of hydrogen-bond acceptors (Lipinski definition) is 6. The highest BCUT2D eigenvalue weighted by Crippen LogP contribution is 2.37. The minimum absolute atomic E-state index is 0.277. The van der Waals surface area contributed by atoms with Gasteiger partial charge in [-0.25, -0.2) is 4.79 Å². The maximum Gasteiger partial charge on any atom is 0.337 e. The molecule has 1 aliphatic rings. The van der Waals surface area contributed by atoms with Gasteiger partial charge in [-0.3, -0.25) is 19.5 Å². The molecule has 1 aromatic heterocycles. The molecule has 0 atom stereocenters. The van der Waals surface area contributed by atoms with E-state index in [0.717, 1.165) is 6.07 Å². The number of esters is 1. The number of carbonyl (C=O) groups is 1. The highest BCUT2D eigenvalue weighted by molar-refractivity contribution is 5.91. The molecule has 8 nitrogen and oxygen atoms in total. The van der Waals surface area contributed by atoms with Crippen LogP contribution in [0.5, 0.6) is 5.75 Å². The Balaban J connectivity index is 2.26. The van der Waals surface area contributed by atoms with Crippen LogP contribution < -0.4 is 10.3 Å². The van der Waals surface area contributed by atoms with Gasteiger partial charge in [0.15, 0.2) is 0 Å². The maximum atomic E-state index is 12.6. The number of nitrogens with zero attached hydrogens (tertiary/aromatic N) is 2. The molecule has 26 heavy (non-hydrogen) atoms. The monoisotopic (exact) mass is 356 g/mol. The molecule has 0 aliphatic carbocycles. The van der Waals surface area contributed by atoms with Gasteiger partial charge >= 0.3 is 17.2 Å². The summed E-state index contributed by atoms with van der Waals surface area (Å²) < 4.78 is 11.8. The third-order valence-electron chi connectivity index (χ3n) is 3.92. The second-order valence-corrected chi connectivity index (χ2v) is 6.26. The number of hydrogen-bond donors (Lipinski definition) is 0. The molecule has 1 aromatic carbocycles. The molecule has 0 N–H and O–H groups in total. The van der Waals surface area contributed by atoms with Crippen LogP contribution in [-0.2, 0) is 4.74 Å². The molecular formula is C18H16N2O6. The third-order valence-corrected chi connectivity index (χ3v) is 3.92. The zero-order chi connectivity index (χ0) is 19.1. The van der Waals surface area contributed by atoms with E-state index < -0.39 is 27.7 Å². The first kappa shape index (κ1) is 17.4. The highest BCUT2D eigenvalue weighted by Gasteiger charge is 2.29. The molecular weight excluding hydrogens is 340 g/mol. The second kappa shape index (κ2) is 6.14. The van der Waals surface area contributed by atoms with Crippen molar-refractivity contribution in [3.63, 3.8) is 0 Å². The SMILES string of the molecule is COC(=O)c1ccc2c(c1)C(n1cccc([N+](=O)[O-])c1=O)=CC(C)(C)O2. The molecule has 0 radical (unpaired) electrons. The molecule has 0 spiro atoms. The topological polar surface area (TPSA) is 101 Å². The summed E-state index contributed by atoms with van der Waals surface area (Å²) in [5.41, 5.74) is -0.914. The van der Waals surface area contributed by atoms with Gasteiger partial charge < -0.3 is 9.47 Å². The minimum atomic E-state index is -0.768. The Bertz CT molecular complexity index is 1000. The first-order chi connectivity index (χ1) is 12.2. The highest BCUT2D eigenvalue weighted by atomic mass is 16.6. The lowest BCUT2D eigenvalue weighted by molar-refractivity contribution is -0.386. The van der Waals surface area contributed by atoms with Crippen molar-refractivity contribution >= 4 is 17.4 Å². The maximum absolute atomic E-state index is 12.6. The van der Waals surface area contributed by atoms with Crippen LogP contribution >= 0.6 is 0 Å². The average molecular weight is 356 g/mol. The fourth-order valence-corrected chi connectivity index (χ4v) is 2.79. The van der Waals surface area contributed by atoms with Gasteiger partial charge in [-0.2, -0.15) is 0 Å². The van der Waals surface area contributed by atoms with Crippen LogP contribution in [0.1, 0.15) is 29.8 Å². The number of pyridine rings is 1. The molecule has 2 aromatic rings. The fraction of sp³-hybridized carbons (Fsp3) is 0.222. The van der Waals surface area contributed by atoms with E-state index in [1.165, 1.54) is 30.0 Å². The Morgan fingerprint density at radius 1 is 1.31 bits per heavy atom. The van der Waals surface area contributed by atoms with Gasteiger partial charge in [-0.1, -0.05) is 0 Å². The molecule has 0 fully saturated rings. The molecule has 0 unspecified atom stereocenters. The van der Waals surface area contributed by atoms with Gasteiger partial charge in [0.2, 0.25) is 0 Å². The van der Waals surface area contributed by atoms with Gasteiger partial charge in [0.05, 0.1) is 23.3 Å². The van der Waals surface area contributed by atoms with Crippen LogP contribution in [0.15, 0.2) is 47.4 Å². The lowest BCUT2D eigenvalue weighted by atomic mass is 9.97. The summed E-state index contributed by atoms with van der Waals surface area (Å²) in [7, 11) is 1.27. The van der Waals surface area contributed by atoms with Gasteiger partial charge in [0, 0.05) is 17.8 Å². The van der Waals surface area contributed by atoms with E-state index in [2.05, 4.69) is 0 Å². The number of ether oxygens (including phenoxy) is 2. The number of nitro groups is 1. The van der Waals surface area contributed by atoms with Crippen molar-refractivity contribution in [1.29, 1.82) is 0 Å². The molecule has 134 valence electrons. The van der Waals surface area contributed by atoms with Crippen molar-refractivity contribution in [1.82, 2.24) is 4.57 Å². The minimum Gasteiger partial charge on any atom is -0.483 e. The van der Waals surface area contributed by atoms with Gasteiger partial charge in [0.1, 0.15) is 11.4 Å². The van der Waals surface area contributed by atoms with Gasteiger partial charge in [-0.05, 0) is 44.2 Å². The molecule has 8 heteroatoms. The smallest absolute Gasteiger partial charge is 0.337 e. The van der Waals surface area contributed by atoms with Crippen molar-refractivity contribution < 1.29 is 19.2 Å². The van der Waals surface area contributed by atoms with Crippen molar-refractivity contribution in [3.8, 4) is 5.75 Å². The zero-order valence-electron chi connectivity index (χ0n) is 14.4. The van der Waals surface area contributed by atoms with E-state index in [4.69, 9.17) is 9.47 Å². The lowest BCUT2D eigenvalue weighted by Gasteiger charge is -2.31. The van der Waals surface area contributed by atoms with E-state index in [0.29, 0.717) is 17.0 Å². The number of methoxy groups -OCH3 is 1. The number of rotatable bonds is 3. The number of benzene rings is 1. The fourth-order valence-electron chi connectivity index (χ4n) is 2.79. The van der Waals surface area contributed by atoms with Crippen LogP contribution in [-0.4, -0.2) is 28.2 Å². The molecule has 0 bridgehead atoms. The largest absolute Gasteiger partial charge is 0.483 e. The lowest BCUT2D eigenvalue weighted by Crippen LogP contribution is -2.32. The predicted molar refractivity (Wildman–Crippen MR) is 93.2 cm³/mol. The van der Waals surface area contributed by atoms with Crippen LogP contribution in [0.3, 0.4) is 0 Å². The van der Waals surface area contributed by atoms with Gasteiger partial charge in [0.25, 0.3) is 0 Å². The van der Waals surface area contributed by atoms with Crippen molar-refractivity contribution in [3.05, 3.63) is 74.2 Å². The third kappa shape index (κ3) is 2.97. The van der Waals surface area contributed by atoms with E-state index in [9.17, 15) is 19.7 Å². The van der Waals surface area contributed by atoms with Crippen LogP contribution in [0.4, 0.5) is 5.69 Å². The van der Waals surface area contributed by atoms with Gasteiger partial charge in [-0.15, -0.1) is 0 Å².